The largest absolute Gasteiger partial charge is 0.343 e. The summed E-state index contributed by atoms with van der Waals surface area (Å²) in [6.45, 7) is 5.71. The molecule has 0 unspecified atom stereocenters. The number of unbranched alkanes of at least 4 members (excludes halogenated alkanes) is 1. The Bertz CT molecular complexity index is 1160. The minimum Gasteiger partial charge on any atom is -0.343 e. The lowest BCUT2D eigenvalue weighted by molar-refractivity contribution is -0.131. The molecule has 0 atom stereocenters. The zero-order chi connectivity index (χ0) is 21.1. The van der Waals surface area contributed by atoms with E-state index in [1.807, 2.05) is 58.9 Å². The molecule has 7 nitrogen and oxygen atoms in total. The molecule has 4 rings (SSSR count). The van der Waals surface area contributed by atoms with Gasteiger partial charge in [-0.15, -0.1) is 10.2 Å². The van der Waals surface area contributed by atoms with Crippen LogP contribution >= 0.6 is 11.6 Å². The minimum absolute atomic E-state index is 0.165. The Labute approximate surface area is 180 Å². The molecule has 0 saturated heterocycles. The number of rotatable bonds is 8. The zero-order valence-electron chi connectivity index (χ0n) is 17.3. The molecule has 0 fully saturated rings. The number of aryl methyl sites for hydroxylation is 1. The van der Waals surface area contributed by atoms with E-state index < -0.39 is 0 Å². The Morgan fingerprint density at radius 2 is 1.93 bits per heavy atom. The summed E-state index contributed by atoms with van der Waals surface area (Å²) in [4.78, 5) is 14.5. The smallest absolute Gasteiger partial charge is 0.223 e. The Morgan fingerprint density at radius 1 is 1.13 bits per heavy atom. The number of carbonyl (C=O) groups is 1. The van der Waals surface area contributed by atoms with Gasteiger partial charge in [-0.25, -0.2) is 4.52 Å². The van der Waals surface area contributed by atoms with Gasteiger partial charge < -0.3 is 4.90 Å². The maximum atomic E-state index is 12.6. The molecule has 156 valence electrons. The van der Waals surface area contributed by atoms with E-state index in [2.05, 4.69) is 22.2 Å². The van der Waals surface area contributed by atoms with Gasteiger partial charge >= 0.3 is 0 Å². The molecule has 0 aliphatic carbocycles. The van der Waals surface area contributed by atoms with E-state index in [1.165, 1.54) is 0 Å². The van der Waals surface area contributed by atoms with Crippen molar-refractivity contribution in [1.82, 2.24) is 29.1 Å². The zero-order valence-corrected chi connectivity index (χ0v) is 18.0. The first-order chi connectivity index (χ1) is 14.6. The van der Waals surface area contributed by atoms with Gasteiger partial charge in [0, 0.05) is 48.9 Å². The molecule has 0 N–H and O–H groups in total. The first-order valence-electron chi connectivity index (χ1n) is 10.4. The highest BCUT2D eigenvalue weighted by atomic mass is 35.5. The Kier molecular flexibility index (Phi) is 5.99. The summed E-state index contributed by atoms with van der Waals surface area (Å²) < 4.78 is 3.74. The quantitative estimate of drug-likeness (QED) is 0.423. The van der Waals surface area contributed by atoms with Crippen LogP contribution in [0.2, 0.25) is 5.02 Å². The second-order valence-corrected chi connectivity index (χ2v) is 7.74. The van der Waals surface area contributed by atoms with Gasteiger partial charge in [0.15, 0.2) is 5.65 Å². The molecule has 1 aromatic carbocycles. The first-order valence-corrected chi connectivity index (χ1v) is 10.7. The SMILES string of the molecule is CCCCN(CC)C(=O)CCc1nnc2c3cc(-c4ccc(Cl)cc4)nn3ccn12. The van der Waals surface area contributed by atoms with Crippen LogP contribution in [0.25, 0.3) is 22.4 Å². The fourth-order valence-corrected chi connectivity index (χ4v) is 3.70. The second-order valence-electron chi connectivity index (χ2n) is 7.30. The third kappa shape index (κ3) is 4.03. The topological polar surface area (TPSA) is 67.8 Å². The van der Waals surface area contributed by atoms with Crippen molar-refractivity contribution >= 4 is 28.7 Å². The molecule has 30 heavy (non-hydrogen) atoms. The summed E-state index contributed by atoms with van der Waals surface area (Å²) in [7, 11) is 0. The summed E-state index contributed by atoms with van der Waals surface area (Å²) in [5, 5.41) is 14.0. The van der Waals surface area contributed by atoms with Crippen molar-refractivity contribution in [2.24, 2.45) is 0 Å². The molecular weight excluding hydrogens is 400 g/mol. The average molecular weight is 425 g/mol. The number of nitrogens with zero attached hydrogens (tertiary/aromatic N) is 6. The molecule has 0 aliphatic rings. The van der Waals surface area contributed by atoms with Crippen LogP contribution in [0.3, 0.4) is 0 Å². The van der Waals surface area contributed by atoms with E-state index >= 15 is 0 Å². The summed E-state index contributed by atoms with van der Waals surface area (Å²) in [6.07, 6.45) is 6.88. The molecule has 3 heterocycles. The molecule has 0 spiro atoms. The number of halogens is 1. The lowest BCUT2D eigenvalue weighted by Crippen LogP contribution is -2.32. The van der Waals surface area contributed by atoms with Gasteiger partial charge in [-0.3, -0.25) is 9.20 Å². The van der Waals surface area contributed by atoms with Crippen molar-refractivity contribution in [3.8, 4) is 11.3 Å². The third-order valence-electron chi connectivity index (χ3n) is 5.31. The highest BCUT2D eigenvalue weighted by Crippen LogP contribution is 2.23. The molecule has 0 bridgehead atoms. The van der Waals surface area contributed by atoms with Crippen LogP contribution in [0.15, 0.2) is 42.7 Å². The highest BCUT2D eigenvalue weighted by molar-refractivity contribution is 6.30. The van der Waals surface area contributed by atoms with Gasteiger partial charge in [-0.05, 0) is 31.5 Å². The molecule has 1 amide bonds. The van der Waals surface area contributed by atoms with Crippen molar-refractivity contribution in [3.05, 3.63) is 53.6 Å². The monoisotopic (exact) mass is 424 g/mol. The molecule has 8 heteroatoms. The lowest BCUT2D eigenvalue weighted by Gasteiger charge is -2.20. The van der Waals surface area contributed by atoms with Gasteiger partial charge in [-0.2, -0.15) is 5.10 Å². The summed E-state index contributed by atoms with van der Waals surface area (Å²) in [5.41, 5.74) is 3.42. The minimum atomic E-state index is 0.165. The normalized spacial score (nSPS) is 11.4. The second kappa shape index (κ2) is 8.83. The maximum absolute atomic E-state index is 12.6. The molecule has 0 aliphatic heterocycles. The van der Waals surface area contributed by atoms with Crippen LogP contribution in [-0.4, -0.2) is 48.1 Å². The molecule has 3 aromatic heterocycles. The molecular formula is C22H25ClN6O. The summed E-state index contributed by atoms with van der Waals surface area (Å²) in [5.74, 6) is 0.944. The van der Waals surface area contributed by atoms with Crippen molar-refractivity contribution in [2.45, 2.75) is 39.5 Å². The average Bonchev–Trinajstić information content (AvgIpc) is 3.37. The maximum Gasteiger partial charge on any atom is 0.223 e. The number of hydrogen-bond acceptors (Lipinski definition) is 4. The lowest BCUT2D eigenvalue weighted by atomic mass is 10.1. The van der Waals surface area contributed by atoms with Gasteiger partial charge in [0.05, 0.1) is 5.69 Å². The fraction of sp³-hybridized carbons (Fsp3) is 0.364. The van der Waals surface area contributed by atoms with Gasteiger partial charge in [0.1, 0.15) is 11.3 Å². The van der Waals surface area contributed by atoms with Crippen LogP contribution in [0.5, 0.6) is 0 Å². The van der Waals surface area contributed by atoms with E-state index in [9.17, 15) is 4.79 Å². The van der Waals surface area contributed by atoms with E-state index in [4.69, 9.17) is 11.6 Å². The van der Waals surface area contributed by atoms with Gasteiger partial charge in [0.2, 0.25) is 5.91 Å². The van der Waals surface area contributed by atoms with Crippen LogP contribution in [0.4, 0.5) is 0 Å². The number of hydrogen-bond donors (Lipinski definition) is 0. The number of amides is 1. The Hall–Kier alpha value is -2.93. The van der Waals surface area contributed by atoms with Gasteiger partial charge in [-0.1, -0.05) is 37.1 Å². The van der Waals surface area contributed by atoms with E-state index in [0.717, 1.165) is 54.2 Å². The van der Waals surface area contributed by atoms with Crippen molar-refractivity contribution in [1.29, 1.82) is 0 Å². The number of carbonyl (C=O) groups excluding carboxylic acids is 1. The molecule has 0 saturated carbocycles. The number of aromatic nitrogens is 5. The highest BCUT2D eigenvalue weighted by Gasteiger charge is 2.16. The fourth-order valence-electron chi connectivity index (χ4n) is 3.58. The van der Waals surface area contributed by atoms with Crippen molar-refractivity contribution in [2.75, 3.05) is 13.1 Å². The first kappa shape index (κ1) is 20.3. The van der Waals surface area contributed by atoms with Crippen molar-refractivity contribution < 1.29 is 4.79 Å². The van der Waals surface area contributed by atoms with Crippen LogP contribution in [0.1, 0.15) is 38.9 Å². The van der Waals surface area contributed by atoms with Gasteiger partial charge in [0.25, 0.3) is 0 Å². The predicted molar refractivity (Wildman–Crippen MR) is 118 cm³/mol. The molecule has 0 radical (unpaired) electrons. The molecule has 4 aromatic rings. The van der Waals surface area contributed by atoms with E-state index in [1.54, 1.807) is 4.52 Å². The summed E-state index contributed by atoms with van der Waals surface area (Å²) >= 11 is 5.99. The van der Waals surface area contributed by atoms with Crippen LogP contribution in [-0.2, 0) is 11.2 Å². The van der Waals surface area contributed by atoms with E-state index in [-0.39, 0.29) is 5.91 Å². The number of benzene rings is 1. The third-order valence-corrected chi connectivity index (χ3v) is 5.56. The van der Waals surface area contributed by atoms with Crippen LogP contribution in [0, 0.1) is 0 Å². The predicted octanol–water partition coefficient (Wildman–Crippen LogP) is 4.28. The standard InChI is InChI=1S/C22H25ClN6O/c1-3-5-12-27(4-2)21(30)11-10-20-24-25-22-19-15-18(16-6-8-17(23)9-7-16)26-29(19)14-13-28(20)22/h6-9,13-15H,3-5,10-12H2,1-2H3. The number of fused-ring (bicyclic) bond motifs is 3. The Morgan fingerprint density at radius 3 is 2.67 bits per heavy atom. The van der Waals surface area contributed by atoms with Crippen LogP contribution < -0.4 is 0 Å². The summed E-state index contributed by atoms with van der Waals surface area (Å²) in [6, 6.07) is 9.58. The van der Waals surface area contributed by atoms with Crippen molar-refractivity contribution in [3.63, 3.8) is 0 Å². The Balaban J connectivity index is 1.57. The van der Waals surface area contributed by atoms with E-state index in [0.29, 0.717) is 17.9 Å².